The smallest absolute Gasteiger partial charge is 0.325 e. The second-order valence-electron chi connectivity index (χ2n) is 3.26. The summed E-state index contributed by atoms with van der Waals surface area (Å²) in [5.41, 5.74) is 6.02. The van der Waals surface area contributed by atoms with Gasteiger partial charge in [-0.05, 0) is 26.2 Å². The lowest BCUT2D eigenvalue weighted by atomic mass is 9.92. The molecule has 0 fully saturated rings. The molecule has 0 bridgehead atoms. The van der Waals surface area contributed by atoms with E-state index in [4.69, 9.17) is 10.3 Å². The van der Waals surface area contributed by atoms with E-state index in [2.05, 4.69) is 25.0 Å². The summed E-state index contributed by atoms with van der Waals surface area (Å²) >= 11 is 0. The Balaban J connectivity index is 0. The molecule has 0 saturated heterocycles. The van der Waals surface area contributed by atoms with Crippen LogP contribution >= 0.6 is 0 Å². The Kier molecular flexibility index (Phi) is 9.23. The van der Waals surface area contributed by atoms with E-state index < -0.39 is 10.4 Å². The Morgan fingerprint density at radius 2 is 1.47 bits per heavy atom. The van der Waals surface area contributed by atoms with Crippen molar-refractivity contribution in [2.24, 2.45) is 5.73 Å². The van der Waals surface area contributed by atoms with Crippen LogP contribution in [0.5, 0.6) is 0 Å². The number of nitrogens with two attached hydrogens (primary N) is 1. The molecule has 0 radical (unpaired) electrons. The minimum atomic E-state index is -4.17. The molecule has 6 heteroatoms. The second kappa shape index (κ2) is 8.04. The van der Waals surface area contributed by atoms with Crippen LogP contribution in [0, 0.1) is 0 Å². The molecule has 0 heterocycles. The van der Waals surface area contributed by atoms with Crippen LogP contribution in [-0.4, -0.2) is 25.1 Å². The lowest BCUT2D eigenvalue weighted by Crippen LogP contribution is -2.37. The van der Waals surface area contributed by atoms with Crippen molar-refractivity contribution in [3.63, 3.8) is 0 Å². The molecule has 94 valence electrons. The summed E-state index contributed by atoms with van der Waals surface area (Å²) in [6, 6.07) is 0. The predicted molar refractivity (Wildman–Crippen MR) is 61.0 cm³/mol. The zero-order chi connectivity index (χ0) is 12.5. The van der Waals surface area contributed by atoms with Gasteiger partial charge in [0.1, 0.15) is 0 Å². The summed E-state index contributed by atoms with van der Waals surface area (Å²) in [5.74, 6) is 0. The lowest BCUT2D eigenvalue weighted by molar-refractivity contribution is 0.283. The summed E-state index contributed by atoms with van der Waals surface area (Å²) in [5, 5.41) is 0. The highest BCUT2D eigenvalue weighted by atomic mass is 32.3. The van der Waals surface area contributed by atoms with Gasteiger partial charge in [0, 0.05) is 5.54 Å². The molecular formula is C9H23NO4S. The number of rotatable bonds is 5. The maximum absolute atomic E-state index is 9.56. The van der Waals surface area contributed by atoms with Gasteiger partial charge in [-0.1, -0.05) is 20.8 Å². The largest absolute Gasteiger partial charge is 0.397 e. The van der Waals surface area contributed by atoms with Crippen molar-refractivity contribution in [2.75, 3.05) is 6.61 Å². The van der Waals surface area contributed by atoms with Crippen LogP contribution in [-0.2, 0) is 14.6 Å². The van der Waals surface area contributed by atoms with Gasteiger partial charge in [0.15, 0.2) is 0 Å². The number of hydrogen-bond donors (Lipinski definition) is 2. The zero-order valence-corrected chi connectivity index (χ0v) is 10.8. The second-order valence-corrected chi connectivity index (χ2v) is 4.35. The van der Waals surface area contributed by atoms with E-state index in [0.717, 1.165) is 19.3 Å². The van der Waals surface area contributed by atoms with Crippen LogP contribution in [0.25, 0.3) is 0 Å². The molecule has 0 aliphatic rings. The molecule has 0 saturated carbocycles. The van der Waals surface area contributed by atoms with E-state index in [1.807, 2.05) is 0 Å². The third-order valence-electron chi connectivity index (χ3n) is 2.38. The highest BCUT2D eigenvalue weighted by molar-refractivity contribution is 7.80. The summed E-state index contributed by atoms with van der Waals surface area (Å²) in [6.07, 6.45) is 3.29. The molecule has 0 aromatic carbocycles. The summed E-state index contributed by atoms with van der Waals surface area (Å²) in [7, 11) is -4.17. The Hall–Kier alpha value is -0.170. The van der Waals surface area contributed by atoms with Crippen LogP contribution in [0.3, 0.4) is 0 Å². The quantitative estimate of drug-likeness (QED) is 0.715. The molecule has 0 aromatic rings. The molecule has 0 aliphatic carbocycles. The molecule has 0 aromatic heterocycles. The molecular weight excluding hydrogens is 218 g/mol. The van der Waals surface area contributed by atoms with E-state index in [0.29, 0.717) is 0 Å². The Labute approximate surface area is 93.0 Å². The fourth-order valence-electron chi connectivity index (χ4n) is 0.899. The molecule has 0 spiro atoms. The van der Waals surface area contributed by atoms with E-state index in [9.17, 15) is 8.42 Å². The Morgan fingerprint density at radius 3 is 1.47 bits per heavy atom. The number of hydrogen-bond acceptors (Lipinski definition) is 4. The van der Waals surface area contributed by atoms with Gasteiger partial charge >= 0.3 is 10.4 Å². The van der Waals surface area contributed by atoms with Gasteiger partial charge in [-0.2, -0.15) is 8.42 Å². The SMILES string of the molecule is CCC(N)(CC)CC.CCOS(=O)(=O)O. The van der Waals surface area contributed by atoms with E-state index in [1.54, 1.807) is 0 Å². The van der Waals surface area contributed by atoms with E-state index >= 15 is 0 Å². The summed E-state index contributed by atoms with van der Waals surface area (Å²) in [4.78, 5) is 0. The average Bonchev–Trinajstić information content (AvgIpc) is 2.16. The topological polar surface area (TPSA) is 89.6 Å². The average molecular weight is 241 g/mol. The van der Waals surface area contributed by atoms with Gasteiger partial charge in [-0.3, -0.25) is 4.55 Å². The van der Waals surface area contributed by atoms with Crippen molar-refractivity contribution in [1.29, 1.82) is 0 Å². The standard InChI is InChI=1S/C7H17N.C2H6O4S/c1-4-7(8,5-2)6-3;1-2-6-7(3,4)5/h4-6,8H2,1-3H3;2H2,1H3,(H,3,4,5). The van der Waals surface area contributed by atoms with Gasteiger partial charge in [-0.25, -0.2) is 4.18 Å². The predicted octanol–water partition coefficient (Wildman–Crippen LogP) is 1.74. The van der Waals surface area contributed by atoms with Gasteiger partial charge in [0.2, 0.25) is 0 Å². The van der Waals surface area contributed by atoms with Crippen LogP contribution in [0.15, 0.2) is 0 Å². The first kappa shape index (κ1) is 17.2. The first-order valence-corrected chi connectivity index (χ1v) is 6.51. The minimum absolute atomic E-state index is 0.0289. The summed E-state index contributed by atoms with van der Waals surface area (Å²) in [6.45, 7) is 7.87. The van der Waals surface area contributed by atoms with Crippen molar-refractivity contribution >= 4 is 10.4 Å². The molecule has 0 amide bonds. The molecule has 15 heavy (non-hydrogen) atoms. The van der Waals surface area contributed by atoms with Gasteiger partial charge in [0.05, 0.1) is 6.61 Å². The monoisotopic (exact) mass is 241 g/mol. The van der Waals surface area contributed by atoms with Crippen molar-refractivity contribution < 1.29 is 17.2 Å². The Bertz CT molecular complexity index is 226. The van der Waals surface area contributed by atoms with Crippen LogP contribution < -0.4 is 5.73 Å². The molecule has 0 unspecified atom stereocenters. The van der Waals surface area contributed by atoms with Crippen LogP contribution in [0.1, 0.15) is 47.0 Å². The fraction of sp³-hybridized carbons (Fsp3) is 1.00. The van der Waals surface area contributed by atoms with Gasteiger partial charge in [0.25, 0.3) is 0 Å². The first-order valence-electron chi connectivity index (χ1n) is 5.15. The van der Waals surface area contributed by atoms with Crippen molar-refractivity contribution in [1.82, 2.24) is 0 Å². The highest BCUT2D eigenvalue weighted by Crippen LogP contribution is 2.14. The van der Waals surface area contributed by atoms with E-state index in [1.165, 1.54) is 6.92 Å². The van der Waals surface area contributed by atoms with E-state index in [-0.39, 0.29) is 12.1 Å². The third-order valence-corrected chi connectivity index (χ3v) is 2.91. The van der Waals surface area contributed by atoms with Gasteiger partial charge < -0.3 is 5.73 Å². The fourth-order valence-corrected chi connectivity index (χ4v) is 1.20. The maximum atomic E-state index is 9.56. The minimum Gasteiger partial charge on any atom is -0.325 e. The maximum Gasteiger partial charge on any atom is 0.397 e. The van der Waals surface area contributed by atoms with Gasteiger partial charge in [-0.15, -0.1) is 0 Å². The summed E-state index contributed by atoms with van der Waals surface area (Å²) < 4.78 is 30.7. The highest BCUT2D eigenvalue weighted by Gasteiger charge is 2.15. The molecule has 5 nitrogen and oxygen atoms in total. The molecule has 0 rings (SSSR count). The van der Waals surface area contributed by atoms with Crippen molar-refractivity contribution in [3.8, 4) is 0 Å². The van der Waals surface area contributed by atoms with Crippen molar-refractivity contribution in [2.45, 2.75) is 52.5 Å². The first-order chi connectivity index (χ1) is 6.74. The normalized spacial score (nSPS) is 11.9. The third kappa shape index (κ3) is 11.8. The zero-order valence-electron chi connectivity index (χ0n) is 9.99. The molecule has 3 N–H and O–H groups in total. The molecule has 0 aliphatic heterocycles. The lowest BCUT2D eigenvalue weighted by Gasteiger charge is -2.23. The van der Waals surface area contributed by atoms with Crippen LogP contribution in [0.4, 0.5) is 0 Å². The molecule has 0 atom stereocenters. The Morgan fingerprint density at radius 1 is 1.13 bits per heavy atom. The van der Waals surface area contributed by atoms with Crippen LogP contribution in [0.2, 0.25) is 0 Å². The van der Waals surface area contributed by atoms with Crippen molar-refractivity contribution in [3.05, 3.63) is 0 Å².